The van der Waals surface area contributed by atoms with Crippen molar-refractivity contribution in [3.63, 3.8) is 0 Å². The second kappa shape index (κ2) is 7.70. The van der Waals surface area contributed by atoms with E-state index < -0.39 is 17.5 Å². The molecule has 0 unspecified atom stereocenters. The molecular formula is C19H19F3N2O. The van der Waals surface area contributed by atoms with Crippen molar-refractivity contribution in [2.75, 3.05) is 26.2 Å². The van der Waals surface area contributed by atoms with E-state index in [-0.39, 0.29) is 11.4 Å². The van der Waals surface area contributed by atoms with Gasteiger partial charge in [0.2, 0.25) is 0 Å². The minimum atomic E-state index is -0.836. The van der Waals surface area contributed by atoms with Crippen molar-refractivity contribution in [2.45, 2.75) is 13.0 Å². The molecule has 2 aromatic carbocycles. The number of halogens is 3. The van der Waals surface area contributed by atoms with E-state index in [0.29, 0.717) is 26.2 Å². The standard InChI is InChI=1S/C19H19F3N2O/c20-15-4-2-14(3-5-15)13-23-8-1-9-24(11-10-23)19(25)17-7-6-16(21)12-18(17)22/h2-7,12H,1,8-11,13H2. The Bertz CT molecular complexity index is 749. The highest BCUT2D eigenvalue weighted by molar-refractivity contribution is 5.94. The van der Waals surface area contributed by atoms with Crippen molar-refractivity contribution in [3.05, 3.63) is 71.0 Å². The Morgan fingerprint density at radius 3 is 2.32 bits per heavy atom. The van der Waals surface area contributed by atoms with E-state index in [9.17, 15) is 18.0 Å². The Kier molecular flexibility index (Phi) is 5.38. The third kappa shape index (κ3) is 4.39. The number of carbonyl (C=O) groups excluding carboxylic acids is 1. The molecule has 3 nitrogen and oxygen atoms in total. The van der Waals surface area contributed by atoms with Crippen LogP contribution < -0.4 is 0 Å². The van der Waals surface area contributed by atoms with Crippen LogP contribution in [0.5, 0.6) is 0 Å². The fourth-order valence-electron chi connectivity index (χ4n) is 3.01. The van der Waals surface area contributed by atoms with Gasteiger partial charge in [-0.15, -0.1) is 0 Å². The summed E-state index contributed by atoms with van der Waals surface area (Å²) in [5.41, 5.74) is 0.902. The molecule has 0 aliphatic carbocycles. The molecule has 1 heterocycles. The molecule has 1 fully saturated rings. The van der Waals surface area contributed by atoms with Gasteiger partial charge in [0.25, 0.3) is 5.91 Å². The molecular weight excluding hydrogens is 329 g/mol. The molecule has 1 amide bonds. The van der Waals surface area contributed by atoms with Gasteiger partial charge in [0, 0.05) is 38.8 Å². The van der Waals surface area contributed by atoms with Gasteiger partial charge in [0.1, 0.15) is 17.5 Å². The van der Waals surface area contributed by atoms with Crippen molar-refractivity contribution < 1.29 is 18.0 Å². The number of hydrogen-bond donors (Lipinski definition) is 0. The maximum absolute atomic E-state index is 13.8. The average Bonchev–Trinajstić information content (AvgIpc) is 2.82. The van der Waals surface area contributed by atoms with Gasteiger partial charge in [0.05, 0.1) is 5.56 Å². The molecule has 25 heavy (non-hydrogen) atoms. The van der Waals surface area contributed by atoms with Gasteiger partial charge in [0.15, 0.2) is 0 Å². The molecule has 1 aliphatic rings. The molecule has 0 spiro atoms. The maximum atomic E-state index is 13.8. The Labute approximate surface area is 144 Å². The van der Waals surface area contributed by atoms with Gasteiger partial charge in [-0.2, -0.15) is 0 Å². The van der Waals surface area contributed by atoms with Gasteiger partial charge in [-0.25, -0.2) is 13.2 Å². The third-order valence-electron chi connectivity index (χ3n) is 4.36. The van der Waals surface area contributed by atoms with Crippen LogP contribution in [0.4, 0.5) is 13.2 Å². The van der Waals surface area contributed by atoms with Crippen molar-refractivity contribution in [2.24, 2.45) is 0 Å². The number of hydrogen-bond acceptors (Lipinski definition) is 2. The van der Waals surface area contributed by atoms with Crippen LogP contribution in [0.1, 0.15) is 22.3 Å². The zero-order chi connectivity index (χ0) is 17.8. The van der Waals surface area contributed by atoms with E-state index in [1.165, 1.54) is 18.2 Å². The van der Waals surface area contributed by atoms with Crippen LogP contribution >= 0.6 is 0 Å². The minimum Gasteiger partial charge on any atom is -0.337 e. The summed E-state index contributed by atoms with van der Waals surface area (Å²) in [6.45, 7) is 3.11. The van der Waals surface area contributed by atoms with Gasteiger partial charge >= 0.3 is 0 Å². The lowest BCUT2D eigenvalue weighted by atomic mass is 10.1. The van der Waals surface area contributed by atoms with Gasteiger partial charge in [-0.05, 0) is 36.2 Å². The molecule has 0 radical (unpaired) electrons. The molecule has 2 aromatic rings. The number of rotatable bonds is 3. The summed E-state index contributed by atoms with van der Waals surface area (Å²) < 4.78 is 39.8. The van der Waals surface area contributed by atoms with Crippen LogP contribution in [0.15, 0.2) is 42.5 Å². The molecule has 0 saturated carbocycles. The Morgan fingerprint density at radius 1 is 0.880 bits per heavy atom. The highest BCUT2D eigenvalue weighted by Gasteiger charge is 2.22. The van der Waals surface area contributed by atoms with E-state index in [4.69, 9.17) is 0 Å². The molecule has 0 N–H and O–H groups in total. The molecule has 6 heteroatoms. The fraction of sp³-hybridized carbons (Fsp3) is 0.316. The summed E-state index contributed by atoms with van der Waals surface area (Å²) >= 11 is 0. The van der Waals surface area contributed by atoms with Crippen LogP contribution in [0.2, 0.25) is 0 Å². The van der Waals surface area contributed by atoms with E-state index >= 15 is 0 Å². The smallest absolute Gasteiger partial charge is 0.256 e. The molecule has 0 aromatic heterocycles. The topological polar surface area (TPSA) is 23.6 Å². The molecule has 3 rings (SSSR count). The summed E-state index contributed by atoms with van der Waals surface area (Å²) in [7, 11) is 0. The number of nitrogens with zero attached hydrogens (tertiary/aromatic N) is 2. The van der Waals surface area contributed by atoms with Crippen LogP contribution in [0.3, 0.4) is 0 Å². The minimum absolute atomic E-state index is 0.103. The number of amides is 1. The lowest BCUT2D eigenvalue weighted by Crippen LogP contribution is -2.35. The normalized spacial score (nSPS) is 15.9. The van der Waals surface area contributed by atoms with Crippen LogP contribution in [-0.2, 0) is 6.54 Å². The predicted molar refractivity (Wildman–Crippen MR) is 88.6 cm³/mol. The quantitative estimate of drug-likeness (QED) is 0.848. The molecule has 132 valence electrons. The van der Waals surface area contributed by atoms with E-state index in [0.717, 1.165) is 30.7 Å². The fourth-order valence-corrected chi connectivity index (χ4v) is 3.01. The highest BCUT2D eigenvalue weighted by Crippen LogP contribution is 2.15. The summed E-state index contributed by atoms with van der Waals surface area (Å²) in [6, 6.07) is 9.36. The molecule has 0 atom stereocenters. The molecule has 0 bridgehead atoms. The SMILES string of the molecule is O=C(c1ccc(F)cc1F)N1CCCN(Cc2ccc(F)cc2)CC1. The Morgan fingerprint density at radius 2 is 1.60 bits per heavy atom. The van der Waals surface area contributed by atoms with Gasteiger partial charge in [-0.1, -0.05) is 12.1 Å². The third-order valence-corrected chi connectivity index (χ3v) is 4.36. The first-order chi connectivity index (χ1) is 12.0. The van der Waals surface area contributed by atoms with Gasteiger partial charge < -0.3 is 4.90 Å². The van der Waals surface area contributed by atoms with Crippen molar-refractivity contribution in [3.8, 4) is 0 Å². The lowest BCUT2D eigenvalue weighted by molar-refractivity contribution is 0.0756. The van der Waals surface area contributed by atoms with Crippen molar-refractivity contribution >= 4 is 5.91 Å². The predicted octanol–water partition coefficient (Wildman–Crippen LogP) is 3.45. The largest absolute Gasteiger partial charge is 0.337 e. The second-order valence-corrected chi connectivity index (χ2v) is 6.17. The maximum Gasteiger partial charge on any atom is 0.256 e. The highest BCUT2D eigenvalue weighted by atomic mass is 19.1. The van der Waals surface area contributed by atoms with E-state index in [1.54, 1.807) is 17.0 Å². The Balaban J connectivity index is 1.62. The second-order valence-electron chi connectivity index (χ2n) is 6.17. The first-order valence-electron chi connectivity index (χ1n) is 8.24. The van der Waals surface area contributed by atoms with Gasteiger partial charge in [-0.3, -0.25) is 9.69 Å². The summed E-state index contributed by atoms with van der Waals surface area (Å²) in [5.74, 6) is -2.22. The molecule has 1 aliphatic heterocycles. The van der Waals surface area contributed by atoms with Crippen molar-refractivity contribution in [1.82, 2.24) is 9.80 Å². The zero-order valence-corrected chi connectivity index (χ0v) is 13.7. The monoisotopic (exact) mass is 348 g/mol. The first-order valence-corrected chi connectivity index (χ1v) is 8.24. The van der Waals surface area contributed by atoms with Crippen molar-refractivity contribution in [1.29, 1.82) is 0 Å². The summed E-state index contributed by atoms with van der Waals surface area (Å²) in [5, 5.41) is 0. The van der Waals surface area contributed by atoms with Crippen LogP contribution in [0, 0.1) is 17.5 Å². The Hall–Kier alpha value is -2.34. The number of carbonyl (C=O) groups is 1. The molecule has 1 saturated heterocycles. The van der Waals surface area contributed by atoms with E-state index in [1.807, 2.05) is 0 Å². The first kappa shape index (κ1) is 17.5. The zero-order valence-electron chi connectivity index (χ0n) is 13.7. The van der Waals surface area contributed by atoms with Crippen LogP contribution in [-0.4, -0.2) is 41.9 Å². The number of benzene rings is 2. The summed E-state index contributed by atoms with van der Waals surface area (Å²) in [6.07, 6.45) is 0.760. The average molecular weight is 348 g/mol. The van der Waals surface area contributed by atoms with Crippen LogP contribution in [0.25, 0.3) is 0 Å². The summed E-state index contributed by atoms with van der Waals surface area (Å²) in [4.78, 5) is 16.3. The lowest BCUT2D eigenvalue weighted by Gasteiger charge is -2.22. The van der Waals surface area contributed by atoms with E-state index in [2.05, 4.69) is 4.90 Å².